The van der Waals surface area contributed by atoms with Gasteiger partial charge in [0, 0.05) is 37.5 Å². The Balaban J connectivity index is 3.05. The van der Waals surface area contributed by atoms with Gasteiger partial charge < -0.3 is 36.8 Å². The van der Waals surface area contributed by atoms with E-state index >= 15 is 0 Å². The molecular formula is C20H42N6O2. The van der Waals surface area contributed by atoms with Crippen molar-refractivity contribution in [3.63, 3.8) is 0 Å². The van der Waals surface area contributed by atoms with Crippen LogP contribution in [0.15, 0.2) is 23.2 Å². The lowest BCUT2D eigenvalue weighted by Crippen LogP contribution is -2.55. The van der Waals surface area contributed by atoms with E-state index in [0.29, 0.717) is 35.6 Å². The number of nitrogens with two attached hydrogens (primary N) is 2. The summed E-state index contributed by atoms with van der Waals surface area (Å²) in [7, 11) is 5.43. The number of hydrogen-bond acceptors (Lipinski definition) is 8. The summed E-state index contributed by atoms with van der Waals surface area (Å²) in [5, 5.41) is 17.7. The van der Waals surface area contributed by atoms with Crippen LogP contribution in [0.1, 0.15) is 34.1 Å². The largest absolute Gasteiger partial charge is 0.402 e. The first kappa shape index (κ1) is 24.7. The molecule has 164 valence electrons. The van der Waals surface area contributed by atoms with Gasteiger partial charge in [0.15, 0.2) is 0 Å². The van der Waals surface area contributed by atoms with Crippen LogP contribution < -0.4 is 22.1 Å². The molecule has 8 nitrogen and oxygen atoms in total. The molecular weight excluding hydrogens is 356 g/mol. The highest BCUT2D eigenvalue weighted by Crippen LogP contribution is 2.21. The quantitative estimate of drug-likeness (QED) is 0.262. The van der Waals surface area contributed by atoms with Gasteiger partial charge in [0.2, 0.25) is 0 Å². The lowest BCUT2D eigenvalue weighted by Gasteiger charge is -2.41. The van der Waals surface area contributed by atoms with Crippen LogP contribution in [0.4, 0.5) is 0 Å². The van der Waals surface area contributed by atoms with Crippen molar-refractivity contribution in [2.24, 2.45) is 17.4 Å². The molecule has 8 heteroatoms. The predicted molar refractivity (Wildman–Crippen MR) is 115 cm³/mol. The summed E-state index contributed by atoms with van der Waals surface area (Å²) < 4.78 is 5.74. The summed E-state index contributed by atoms with van der Waals surface area (Å²) in [6.45, 7) is 10.6. The number of allylic oxidation sites excluding steroid dienone is 1. The van der Waals surface area contributed by atoms with Crippen molar-refractivity contribution in [1.29, 1.82) is 0 Å². The average molecular weight is 399 g/mol. The highest BCUT2D eigenvalue weighted by Gasteiger charge is 2.31. The standard InChI is InChI=1S/C20H42N6O2/c1-13(2)11-24-17-8-9-26(12-18(17)28-7)19(22)16(10-14(3)21)20(27)25(6)15(4)23-5/h10,13,15,17-18,20,23-24,27H,8-9,11-12,21-22H2,1-7H3/b14-10-,19-16-/t15?,17-,18+,20?/m1/s1. The Labute approximate surface area is 170 Å². The normalized spacial score (nSPS) is 24.5. The molecule has 7 N–H and O–H groups in total. The Morgan fingerprint density at radius 3 is 2.50 bits per heavy atom. The average Bonchev–Trinajstić information content (AvgIpc) is 2.67. The molecule has 1 aliphatic rings. The first-order valence-corrected chi connectivity index (χ1v) is 10.1. The molecule has 1 aliphatic heterocycles. The molecule has 0 spiro atoms. The third-order valence-electron chi connectivity index (χ3n) is 5.36. The van der Waals surface area contributed by atoms with Crippen LogP contribution in [0.2, 0.25) is 0 Å². The Morgan fingerprint density at radius 2 is 2.00 bits per heavy atom. The van der Waals surface area contributed by atoms with E-state index in [-0.39, 0.29) is 12.3 Å². The van der Waals surface area contributed by atoms with Crippen molar-refractivity contribution < 1.29 is 9.84 Å². The predicted octanol–water partition coefficient (Wildman–Crippen LogP) is 0.170. The van der Waals surface area contributed by atoms with E-state index in [1.54, 1.807) is 20.1 Å². The van der Waals surface area contributed by atoms with Gasteiger partial charge >= 0.3 is 0 Å². The fraction of sp³-hybridized carbons (Fsp3) is 0.800. The van der Waals surface area contributed by atoms with Crippen LogP contribution in [0, 0.1) is 5.92 Å². The van der Waals surface area contributed by atoms with Gasteiger partial charge in [-0.15, -0.1) is 0 Å². The van der Waals surface area contributed by atoms with Gasteiger partial charge in [-0.1, -0.05) is 13.8 Å². The maximum absolute atomic E-state index is 10.9. The van der Waals surface area contributed by atoms with Crippen LogP contribution >= 0.6 is 0 Å². The maximum atomic E-state index is 10.9. The smallest absolute Gasteiger partial charge is 0.138 e. The van der Waals surface area contributed by atoms with E-state index < -0.39 is 6.23 Å². The zero-order valence-electron chi connectivity index (χ0n) is 18.7. The molecule has 4 atom stereocenters. The molecule has 0 amide bonds. The number of rotatable bonds is 10. The van der Waals surface area contributed by atoms with Crippen molar-refractivity contribution in [3.05, 3.63) is 23.2 Å². The van der Waals surface area contributed by atoms with E-state index in [9.17, 15) is 5.11 Å². The van der Waals surface area contributed by atoms with Gasteiger partial charge in [-0.25, -0.2) is 0 Å². The van der Waals surface area contributed by atoms with E-state index in [2.05, 4.69) is 29.4 Å². The number of ether oxygens (including phenoxy) is 1. The molecule has 1 fully saturated rings. The summed E-state index contributed by atoms with van der Waals surface area (Å²) >= 11 is 0. The molecule has 1 heterocycles. The van der Waals surface area contributed by atoms with Crippen molar-refractivity contribution in [2.45, 2.75) is 58.7 Å². The maximum Gasteiger partial charge on any atom is 0.138 e. The molecule has 0 bridgehead atoms. The molecule has 0 aliphatic carbocycles. The molecule has 0 aromatic heterocycles. The number of piperidine rings is 1. The summed E-state index contributed by atoms with van der Waals surface area (Å²) in [5.41, 5.74) is 13.7. The number of nitrogens with one attached hydrogen (secondary N) is 2. The van der Waals surface area contributed by atoms with Crippen molar-refractivity contribution in [1.82, 2.24) is 20.4 Å². The van der Waals surface area contributed by atoms with Crippen molar-refractivity contribution in [2.75, 3.05) is 40.8 Å². The second kappa shape index (κ2) is 11.6. The second-order valence-corrected chi connectivity index (χ2v) is 8.15. The van der Waals surface area contributed by atoms with E-state index in [1.165, 1.54) is 0 Å². The molecule has 0 saturated carbocycles. The number of nitrogens with zero attached hydrogens (tertiary/aromatic N) is 2. The highest BCUT2D eigenvalue weighted by atomic mass is 16.5. The molecule has 1 rings (SSSR count). The lowest BCUT2D eigenvalue weighted by molar-refractivity contribution is 0.00673. The number of hydrogen-bond donors (Lipinski definition) is 5. The van der Waals surface area contributed by atoms with Crippen LogP contribution in [0.25, 0.3) is 0 Å². The molecule has 0 radical (unpaired) electrons. The van der Waals surface area contributed by atoms with E-state index in [4.69, 9.17) is 16.2 Å². The van der Waals surface area contributed by atoms with Crippen molar-refractivity contribution in [3.8, 4) is 0 Å². The first-order valence-electron chi connectivity index (χ1n) is 10.1. The molecule has 1 saturated heterocycles. The Morgan fingerprint density at radius 1 is 1.36 bits per heavy atom. The topological polar surface area (TPSA) is 112 Å². The molecule has 2 unspecified atom stereocenters. The summed E-state index contributed by atoms with van der Waals surface area (Å²) in [5.74, 6) is 1.13. The Hall–Kier alpha value is -1.32. The third kappa shape index (κ3) is 6.93. The SMILES string of the molecule is CNC(C)N(C)C(O)C(/C=C(/C)N)=C(/N)N1CC[C@@H](NCC(C)C)[C@@H](OC)C1. The Bertz CT molecular complexity index is 533. The Kier molecular flexibility index (Phi) is 10.3. The van der Waals surface area contributed by atoms with Crippen LogP contribution in [0.5, 0.6) is 0 Å². The fourth-order valence-electron chi connectivity index (χ4n) is 3.34. The van der Waals surface area contributed by atoms with Gasteiger partial charge in [-0.05, 0) is 52.9 Å². The van der Waals surface area contributed by atoms with Gasteiger partial charge in [0.1, 0.15) is 12.0 Å². The van der Waals surface area contributed by atoms with Gasteiger partial charge in [-0.2, -0.15) is 0 Å². The first-order chi connectivity index (χ1) is 13.1. The lowest BCUT2D eigenvalue weighted by atomic mass is 10.00. The number of aliphatic hydroxyl groups is 1. The fourth-order valence-corrected chi connectivity index (χ4v) is 3.34. The zero-order chi connectivity index (χ0) is 21.4. The summed E-state index contributed by atoms with van der Waals surface area (Å²) in [4.78, 5) is 3.89. The minimum Gasteiger partial charge on any atom is -0.402 e. The minimum absolute atomic E-state index is 0.0260. The number of methoxy groups -OCH3 is 1. The van der Waals surface area contributed by atoms with Crippen LogP contribution in [-0.4, -0.2) is 80.3 Å². The molecule has 28 heavy (non-hydrogen) atoms. The van der Waals surface area contributed by atoms with Gasteiger partial charge in [0.05, 0.1) is 12.3 Å². The number of likely N-dealkylation sites (N-methyl/N-ethyl adjacent to an activating group) is 1. The van der Waals surface area contributed by atoms with E-state index in [1.807, 2.05) is 25.9 Å². The number of likely N-dealkylation sites (tertiary alicyclic amines) is 1. The van der Waals surface area contributed by atoms with Crippen LogP contribution in [0.3, 0.4) is 0 Å². The third-order valence-corrected chi connectivity index (χ3v) is 5.36. The minimum atomic E-state index is -0.876. The number of aliphatic hydroxyl groups excluding tert-OH is 1. The summed E-state index contributed by atoms with van der Waals surface area (Å²) in [6, 6.07) is 0.295. The molecule has 0 aromatic carbocycles. The second-order valence-electron chi connectivity index (χ2n) is 8.15. The van der Waals surface area contributed by atoms with Crippen molar-refractivity contribution >= 4 is 0 Å². The monoisotopic (exact) mass is 398 g/mol. The van der Waals surface area contributed by atoms with E-state index in [0.717, 1.165) is 19.5 Å². The van der Waals surface area contributed by atoms with Gasteiger partial charge in [-0.3, -0.25) is 4.90 Å². The molecule has 0 aromatic rings. The van der Waals surface area contributed by atoms with Crippen LogP contribution in [-0.2, 0) is 4.74 Å². The summed E-state index contributed by atoms with van der Waals surface area (Å²) in [6.07, 6.45) is 1.80. The zero-order valence-corrected chi connectivity index (χ0v) is 18.7. The van der Waals surface area contributed by atoms with Gasteiger partial charge in [0.25, 0.3) is 0 Å². The highest BCUT2D eigenvalue weighted by molar-refractivity contribution is 5.29.